The van der Waals surface area contributed by atoms with Gasteiger partial charge in [-0.05, 0) is 25.0 Å². The third-order valence-electron chi connectivity index (χ3n) is 3.70. The Hall–Kier alpha value is -2.33. The topological polar surface area (TPSA) is 98.5 Å². The number of pyridine rings is 1. The fourth-order valence-electron chi connectivity index (χ4n) is 2.25. The summed E-state index contributed by atoms with van der Waals surface area (Å²) in [5, 5.41) is 21.5. The van der Waals surface area contributed by atoms with Crippen molar-refractivity contribution >= 4 is 34.1 Å². The van der Waals surface area contributed by atoms with Crippen LogP contribution in [0, 0.1) is 0 Å². The lowest BCUT2D eigenvalue weighted by Gasteiger charge is -2.03. The highest BCUT2D eigenvalue weighted by Gasteiger charge is 2.27. The molecule has 8 nitrogen and oxygen atoms in total. The Morgan fingerprint density at radius 2 is 2.24 bits per heavy atom. The molecule has 0 bridgehead atoms. The molecule has 3 aromatic rings. The minimum atomic E-state index is -0.130. The van der Waals surface area contributed by atoms with Crippen LogP contribution in [-0.4, -0.2) is 41.6 Å². The van der Waals surface area contributed by atoms with Crippen molar-refractivity contribution in [3.63, 3.8) is 0 Å². The average molecular weight is 373 g/mol. The molecule has 3 aromatic heterocycles. The van der Waals surface area contributed by atoms with E-state index >= 15 is 0 Å². The van der Waals surface area contributed by atoms with Gasteiger partial charge < -0.3 is 4.57 Å². The van der Waals surface area contributed by atoms with Crippen LogP contribution in [0.5, 0.6) is 0 Å². The van der Waals surface area contributed by atoms with Gasteiger partial charge >= 0.3 is 0 Å². The Labute approximate surface area is 152 Å². The Morgan fingerprint density at radius 3 is 3.00 bits per heavy atom. The van der Waals surface area contributed by atoms with Crippen molar-refractivity contribution in [3.05, 3.63) is 29.5 Å². The second kappa shape index (κ2) is 6.89. The molecule has 0 saturated heterocycles. The van der Waals surface area contributed by atoms with Gasteiger partial charge in [0.05, 0.1) is 5.75 Å². The molecule has 1 fully saturated rings. The molecule has 1 N–H and O–H groups in total. The number of amides is 1. The fraction of sp³-hybridized carbons (Fsp3) is 0.333. The summed E-state index contributed by atoms with van der Waals surface area (Å²) in [5.74, 6) is 1.36. The second-order valence-corrected chi connectivity index (χ2v) is 7.62. The van der Waals surface area contributed by atoms with E-state index < -0.39 is 0 Å². The first kappa shape index (κ1) is 16.2. The number of hydrogen-bond acceptors (Lipinski definition) is 8. The molecular weight excluding hydrogens is 358 g/mol. The highest BCUT2D eigenvalue weighted by Crippen LogP contribution is 2.42. The van der Waals surface area contributed by atoms with Gasteiger partial charge in [0, 0.05) is 30.9 Å². The van der Waals surface area contributed by atoms with Crippen molar-refractivity contribution in [1.82, 2.24) is 29.9 Å². The van der Waals surface area contributed by atoms with Crippen molar-refractivity contribution in [2.45, 2.75) is 23.9 Å². The molecule has 10 heteroatoms. The highest BCUT2D eigenvalue weighted by atomic mass is 32.2. The van der Waals surface area contributed by atoms with Crippen LogP contribution >= 0.6 is 23.1 Å². The third kappa shape index (κ3) is 3.69. The van der Waals surface area contributed by atoms with Crippen LogP contribution < -0.4 is 5.32 Å². The molecule has 0 spiro atoms. The predicted molar refractivity (Wildman–Crippen MR) is 95.5 cm³/mol. The van der Waals surface area contributed by atoms with E-state index in [2.05, 4.69) is 30.7 Å². The minimum Gasteiger partial charge on any atom is -0.305 e. The van der Waals surface area contributed by atoms with E-state index in [0.29, 0.717) is 22.0 Å². The molecule has 0 aromatic carbocycles. The number of nitrogens with one attached hydrogen (secondary N) is 1. The first-order valence-electron chi connectivity index (χ1n) is 7.76. The van der Waals surface area contributed by atoms with E-state index in [9.17, 15) is 4.79 Å². The van der Waals surface area contributed by atoms with Gasteiger partial charge in [0.25, 0.3) is 0 Å². The number of aromatic nitrogens is 6. The van der Waals surface area contributed by atoms with Gasteiger partial charge in [-0.25, -0.2) is 0 Å². The summed E-state index contributed by atoms with van der Waals surface area (Å²) in [4.78, 5) is 16.2. The van der Waals surface area contributed by atoms with Crippen LogP contribution in [-0.2, 0) is 11.8 Å². The molecule has 128 valence electrons. The van der Waals surface area contributed by atoms with Crippen molar-refractivity contribution < 1.29 is 4.79 Å². The molecule has 25 heavy (non-hydrogen) atoms. The van der Waals surface area contributed by atoms with Crippen LogP contribution in [0.3, 0.4) is 0 Å². The van der Waals surface area contributed by atoms with Crippen LogP contribution in [0.4, 0.5) is 5.13 Å². The SMILES string of the molecule is Cn1c(SCC(=O)Nc2nnc(C3CC3)s2)nnc1-c1cccnc1. The van der Waals surface area contributed by atoms with Crippen molar-refractivity contribution in [3.8, 4) is 11.4 Å². The Balaban J connectivity index is 1.36. The van der Waals surface area contributed by atoms with Crippen molar-refractivity contribution in [2.75, 3.05) is 11.1 Å². The van der Waals surface area contributed by atoms with Crippen LogP contribution in [0.2, 0.25) is 0 Å². The summed E-state index contributed by atoms with van der Waals surface area (Å²) in [6.07, 6.45) is 5.79. The molecule has 4 rings (SSSR count). The first-order valence-corrected chi connectivity index (χ1v) is 9.57. The zero-order valence-electron chi connectivity index (χ0n) is 13.4. The Morgan fingerprint density at radius 1 is 1.36 bits per heavy atom. The lowest BCUT2D eigenvalue weighted by molar-refractivity contribution is -0.113. The smallest absolute Gasteiger partial charge is 0.236 e. The maximum absolute atomic E-state index is 12.1. The molecule has 0 aliphatic heterocycles. The number of carbonyl (C=O) groups is 1. The molecular formula is C15H15N7OS2. The monoisotopic (exact) mass is 373 g/mol. The molecule has 1 aliphatic rings. The average Bonchev–Trinajstić information content (AvgIpc) is 3.27. The standard InChI is InChI=1S/C15H15N7OS2/c1-22-12(10-3-2-6-16-7-10)18-21-15(22)24-8-11(23)17-14-20-19-13(25-14)9-4-5-9/h2-3,6-7,9H,4-5,8H2,1H3,(H,17,20,23). The Kier molecular flexibility index (Phi) is 4.45. The summed E-state index contributed by atoms with van der Waals surface area (Å²) >= 11 is 2.78. The number of nitrogens with zero attached hydrogens (tertiary/aromatic N) is 6. The number of carbonyl (C=O) groups excluding carboxylic acids is 1. The summed E-state index contributed by atoms with van der Waals surface area (Å²) in [6.45, 7) is 0. The van der Waals surface area contributed by atoms with Gasteiger partial charge in [0.15, 0.2) is 11.0 Å². The maximum atomic E-state index is 12.1. The number of rotatable bonds is 6. The second-order valence-electron chi connectivity index (χ2n) is 5.66. The van der Waals surface area contributed by atoms with Gasteiger partial charge in [0.1, 0.15) is 5.01 Å². The summed E-state index contributed by atoms with van der Waals surface area (Å²) in [7, 11) is 1.87. The summed E-state index contributed by atoms with van der Waals surface area (Å²) in [5.41, 5.74) is 0.885. The van der Waals surface area contributed by atoms with Crippen LogP contribution in [0.25, 0.3) is 11.4 Å². The van der Waals surface area contributed by atoms with Crippen LogP contribution in [0.15, 0.2) is 29.7 Å². The zero-order chi connectivity index (χ0) is 17.2. The molecule has 1 aliphatic carbocycles. The van der Waals surface area contributed by atoms with Gasteiger partial charge in [-0.15, -0.1) is 20.4 Å². The molecule has 0 radical (unpaired) electrons. The van der Waals surface area contributed by atoms with E-state index in [-0.39, 0.29) is 11.7 Å². The summed E-state index contributed by atoms with van der Waals surface area (Å²) < 4.78 is 1.85. The lowest BCUT2D eigenvalue weighted by Crippen LogP contribution is -2.14. The van der Waals surface area contributed by atoms with E-state index in [4.69, 9.17) is 0 Å². The largest absolute Gasteiger partial charge is 0.305 e. The zero-order valence-corrected chi connectivity index (χ0v) is 15.0. The fourth-order valence-corrected chi connectivity index (χ4v) is 3.89. The van der Waals surface area contributed by atoms with E-state index in [1.807, 2.05) is 23.7 Å². The number of thioether (sulfide) groups is 1. The van der Waals surface area contributed by atoms with Crippen LogP contribution in [0.1, 0.15) is 23.8 Å². The maximum Gasteiger partial charge on any atom is 0.236 e. The van der Waals surface area contributed by atoms with E-state index in [1.165, 1.54) is 35.9 Å². The molecule has 0 unspecified atom stereocenters. The van der Waals surface area contributed by atoms with Gasteiger partial charge in [0.2, 0.25) is 11.0 Å². The van der Waals surface area contributed by atoms with Gasteiger partial charge in [-0.3, -0.25) is 15.1 Å². The normalized spacial score (nSPS) is 13.8. The number of anilines is 1. The molecule has 3 heterocycles. The molecule has 1 saturated carbocycles. The molecule has 1 amide bonds. The minimum absolute atomic E-state index is 0.130. The lowest BCUT2D eigenvalue weighted by atomic mass is 10.3. The quantitative estimate of drug-likeness (QED) is 0.662. The summed E-state index contributed by atoms with van der Waals surface area (Å²) in [6, 6.07) is 3.77. The van der Waals surface area contributed by atoms with Crippen molar-refractivity contribution in [1.29, 1.82) is 0 Å². The van der Waals surface area contributed by atoms with Crippen molar-refractivity contribution in [2.24, 2.45) is 7.05 Å². The predicted octanol–water partition coefficient (Wildman–Crippen LogP) is 2.34. The molecule has 0 atom stereocenters. The van der Waals surface area contributed by atoms with Gasteiger partial charge in [-0.1, -0.05) is 23.1 Å². The van der Waals surface area contributed by atoms with Gasteiger partial charge in [-0.2, -0.15) is 0 Å². The highest BCUT2D eigenvalue weighted by molar-refractivity contribution is 7.99. The van der Waals surface area contributed by atoms with E-state index in [0.717, 1.165) is 10.6 Å². The Bertz CT molecular complexity index is 888. The first-order chi connectivity index (χ1) is 12.2. The third-order valence-corrected chi connectivity index (χ3v) is 5.72. The number of hydrogen-bond donors (Lipinski definition) is 1. The van der Waals surface area contributed by atoms with E-state index in [1.54, 1.807) is 12.4 Å².